The van der Waals surface area contributed by atoms with Crippen molar-refractivity contribution in [3.05, 3.63) is 41.5 Å². The standard InChI is InChI=1S/C16H12O5/c17-8-1-2-10-13(5-8)18-6-11-9-3-4-12-16(20-7-19-12)15(9)21-14(10)11/h1-5,11,14,17H,6-7H2/t11-,14-/m0/s1. The van der Waals surface area contributed by atoms with E-state index in [0.717, 1.165) is 22.6 Å². The number of hydrogen-bond acceptors (Lipinski definition) is 5. The molecule has 5 nitrogen and oxygen atoms in total. The molecular weight excluding hydrogens is 272 g/mol. The van der Waals surface area contributed by atoms with Crippen LogP contribution in [0.1, 0.15) is 23.1 Å². The van der Waals surface area contributed by atoms with Crippen LogP contribution in [0.4, 0.5) is 0 Å². The van der Waals surface area contributed by atoms with Crippen molar-refractivity contribution in [1.82, 2.24) is 0 Å². The fraction of sp³-hybridized carbons (Fsp3) is 0.250. The molecule has 2 aromatic carbocycles. The average molecular weight is 284 g/mol. The molecule has 0 fully saturated rings. The number of aromatic hydroxyl groups is 1. The molecule has 0 bridgehead atoms. The molecule has 0 saturated carbocycles. The lowest BCUT2D eigenvalue weighted by molar-refractivity contribution is 0.132. The summed E-state index contributed by atoms with van der Waals surface area (Å²) in [6.45, 7) is 0.749. The van der Waals surface area contributed by atoms with E-state index in [0.29, 0.717) is 18.1 Å². The summed E-state index contributed by atoms with van der Waals surface area (Å²) in [5.74, 6) is 3.16. The van der Waals surface area contributed by atoms with E-state index in [1.54, 1.807) is 12.1 Å². The molecule has 5 heteroatoms. The summed E-state index contributed by atoms with van der Waals surface area (Å²) in [6, 6.07) is 9.06. The van der Waals surface area contributed by atoms with E-state index in [9.17, 15) is 5.11 Å². The normalized spacial score (nSPS) is 23.6. The van der Waals surface area contributed by atoms with Crippen molar-refractivity contribution in [2.75, 3.05) is 13.4 Å². The number of fused-ring (bicyclic) bond motifs is 7. The van der Waals surface area contributed by atoms with Gasteiger partial charge in [0.2, 0.25) is 12.5 Å². The van der Waals surface area contributed by atoms with Gasteiger partial charge in [-0.05, 0) is 18.2 Å². The van der Waals surface area contributed by atoms with Gasteiger partial charge in [-0.3, -0.25) is 0 Å². The van der Waals surface area contributed by atoms with Crippen LogP contribution < -0.4 is 18.9 Å². The summed E-state index contributed by atoms with van der Waals surface area (Å²) < 4.78 is 22.9. The first kappa shape index (κ1) is 11.1. The Morgan fingerprint density at radius 3 is 2.76 bits per heavy atom. The molecule has 3 aliphatic heterocycles. The van der Waals surface area contributed by atoms with Crippen LogP contribution in [-0.4, -0.2) is 18.5 Å². The lowest BCUT2D eigenvalue weighted by Gasteiger charge is -2.27. The van der Waals surface area contributed by atoms with Gasteiger partial charge in [0.05, 0.1) is 12.5 Å². The summed E-state index contributed by atoms with van der Waals surface area (Å²) in [7, 11) is 0. The van der Waals surface area contributed by atoms with E-state index < -0.39 is 0 Å². The summed E-state index contributed by atoms with van der Waals surface area (Å²) in [4.78, 5) is 0. The Balaban J connectivity index is 1.64. The molecule has 2 atom stereocenters. The first-order valence-electron chi connectivity index (χ1n) is 6.86. The minimum absolute atomic E-state index is 0.111. The first-order chi connectivity index (χ1) is 10.3. The molecule has 0 amide bonds. The zero-order valence-electron chi connectivity index (χ0n) is 11.0. The van der Waals surface area contributed by atoms with Gasteiger partial charge in [0.1, 0.15) is 17.6 Å². The zero-order valence-corrected chi connectivity index (χ0v) is 11.0. The fourth-order valence-electron chi connectivity index (χ4n) is 3.27. The highest BCUT2D eigenvalue weighted by Gasteiger charge is 2.43. The van der Waals surface area contributed by atoms with Crippen LogP contribution >= 0.6 is 0 Å². The number of phenols is 1. The predicted octanol–water partition coefficient (Wildman–Crippen LogP) is 2.73. The van der Waals surface area contributed by atoms with E-state index >= 15 is 0 Å². The van der Waals surface area contributed by atoms with Crippen molar-refractivity contribution in [3.8, 4) is 28.7 Å². The quantitative estimate of drug-likeness (QED) is 0.806. The smallest absolute Gasteiger partial charge is 0.231 e. The third-order valence-electron chi connectivity index (χ3n) is 4.26. The average Bonchev–Trinajstić information content (AvgIpc) is 3.10. The molecule has 1 N–H and O–H groups in total. The van der Waals surface area contributed by atoms with Gasteiger partial charge < -0.3 is 24.1 Å². The second-order valence-corrected chi connectivity index (χ2v) is 5.40. The number of benzene rings is 2. The fourth-order valence-corrected chi connectivity index (χ4v) is 3.27. The third kappa shape index (κ3) is 1.40. The van der Waals surface area contributed by atoms with Gasteiger partial charge in [-0.15, -0.1) is 0 Å². The molecule has 106 valence electrons. The SMILES string of the molecule is Oc1ccc2c(c1)OC[C@H]1c3ccc4c(c3O[C@@H]21)OCO4. The van der Waals surface area contributed by atoms with Crippen LogP contribution in [0.25, 0.3) is 0 Å². The van der Waals surface area contributed by atoms with E-state index in [1.165, 1.54) is 0 Å². The number of ether oxygens (including phenoxy) is 4. The second-order valence-electron chi connectivity index (χ2n) is 5.40. The van der Waals surface area contributed by atoms with Crippen molar-refractivity contribution in [2.45, 2.75) is 12.0 Å². The molecule has 0 radical (unpaired) electrons. The Bertz CT molecular complexity index is 755. The van der Waals surface area contributed by atoms with Gasteiger partial charge in [-0.25, -0.2) is 0 Å². The molecule has 3 heterocycles. The van der Waals surface area contributed by atoms with Gasteiger partial charge in [-0.2, -0.15) is 0 Å². The van der Waals surface area contributed by atoms with Crippen LogP contribution in [0.2, 0.25) is 0 Å². The lowest BCUT2D eigenvalue weighted by Crippen LogP contribution is -2.22. The van der Waals surface area contributed by atoms with Crippen molar-refractivity contribution in [3.63, 3.8) is 0 Å². The Morgan fingerprint density at radius 2 is 1.81 bits per heavy atom. The highest BCUT2D eigenvalue weighted by molar-refractivity contribution is 5.61. The maximum Gasteiger partial charge on any atom is 0.231 e. The minimum atomic E-state index is -0.111. The van der Waals surface area contributed by atoms with Crippen molar-refractivity contribution in [2.24, 2.45) is 0 Å². The molecule has 5 rings (SSSR count). The van der Waals surface area contributed by atoms with E-state index in [-0.39, 0.29) is 24.6 Å². The monoisotopic (exact) mass is 284 g/mol. The minimum Gasteiger partial charge on any atom is -0.508 e. The van der Waals surface area contributed by atoms with Gasteiger partial charge in [0.15, 0.2) is 11.5 Å². The lowest BCUT2D eigenvalue weighted by atomic mass is 9.89. The summed E-state index contributed by atoms with van der Waals surface area (Å²) >= 11 is 0. The number of hydrogen-bond donors (Lipinski definition) is 1. The van der Waals surface area contributed by atoms with Gasteiger partial charge in [0.25, 0.3) is 0 Å². The Morgan fingerprint density at radius 1 is 0.905 bits per heavy atom. The molecule has 0 unspecified atom stereocenters. The topological polar surface area (TPSA) is 57.2 Å². The zero-order chi connectivity index (χ0) is 14.0. The highest BCUT2D eigenvalue weighted by Crippen LogP contribution is 2.57. The number of phenolic OH excluding ortho intramolecular Hbond substituents is 1. The van der Waals surface area contributed by atoms with E-state index in [2.05, 4.69) is 0 Å². The van der Waals surface area contributed by atoms with E-state index in [1.807, 2.05) is 18.2 Å². The molecule has 3 aliphatic rings. The van der Waals surface area contributed by atoms with E-state index in [4.69, 9.17) is 18.9 Å². The van der Waals surface area contributed by atoms with Crippen molar-refractivity contribution < 1.29 is 24.1 Å². The van der Waals surface area contributed by atoms with Gasteiger partial charge >= 0.3 is 0 Å². The second kappa shape index (κ2) is 3.75. The van der Waals surface area contributed by atoms with Gasteiger partial charge in [0, 0.05) is 17.2 Å². The summed E-state index contributed by atoms with van der Waals surface area (Å²) in [6.07, 6.45) is -0.111. The van der Waals surface area contributed by atoms with Crippen LogP contribution in [-0.2, 0) is 0 Å². The maximum absolute atomic E-state index is 9.57. The van der Waals surface area contributed by atoms with Crippen molar-refractivity contribution in [1.29, 1.82) is 0 Å². The predicted molar refractivity (Wildman–Crippen MR) is 72.3 cm³/mol. The molecule has 21 heavy (non-hydrogen) atoms. The largest absolute Gasteiger partial charge is 0.508 e. The van der Waals surface area contributed by atoms with Crippen LogP contribution in [0.3, 0.4) is 0 Å². The molecule has 0 aromatic heterocycles. The Labute approximate surface area is 120 Å². The maximum atomic E-state index is 9.57. The molecular formula is C16H12O5. The Hall–Kier alpha value is -2.56. The highest BCUT2D eigenvalue weighted by atomic mass is 16.7. The van der Waals surface area contributed by atoms with Crippen LogP contribution in [0.5, 0.6) is 28.7 Å². The molecule has 0 spiro atoms. The Kier molecular flexibility index (Phi) is 1.99. The van der Waals surface area contributed by atoms with Gasteiger partial charge in [-0.1, -0.05) is 6.07 Å². The van der Waals surface area contributed by atoms with Crippen LogP contribution in [0.15, 0.2) is 30.3 Å². The van der Waals surface area contributed by atoms with Crippen molar-refractivity contribution >= 4 is 0 Å². The summed E-state index contributed by atoms with van der Waals surface area (Å²) in [5.41, 5.74) is 2.04. The molecule has 0 aliphatic carbocycles. The number of rotatable bonds is 0. The summed E-state index contributed by atoms with van der Waals surface area (Å²) in [5, 5.41) is 9.57. The van der Waals surface area contributed by atoms with Crippen LogP contribution in [0, 0.1) is 0 Å². The molecule has 2 aromatic rings. The third-order valence-corrected chi connectivity index (χ3v) is 4.26. The first-order valence-corrected chi connectivity index (χ1v) is 6.86. The molecule has 0 saturated heterocycles.